The molecule has 0 N–H and O–H groups in total. The summed E-state index contributed by atoms with van der Waals surface area (Å²) in [6.45, 7) is 1.05. The molecule has 1 aromatic heterocycles. The van der Waals surface area contributed by atoms with Gasteiger partial charge in [0, 0.05) is 24.9 Å². The number of fused-ring (bicyclic) bond motifs is 1. The Bertz CT molecular complexity index is 577. The van der Waals surface area contributed by atoms with Gasteiger partial charge in [-0.05, 0) is 18.9 Å². The summed E-state index contributed by atoms with van der Waals surface area (Å²) < 4.78 is 7.74. The van der Waals surface area contributed by atoms with E-state index in [1.54, 1.807) is 7.11 Å². The number of aromatic nitrogens is 3. The summed E-state index contributed by atoms with van der Waals surface area (Å²) in [5.41, 5.74) is 1.17. The number of rotatable bonds is 3. The molecule has 0 saturated carbocycles. The van der Waals surface area contributed by atoms with Gasteiger partial charge in [-0.15, -0.1) is 10.2 Å². The van der Waals surface area contributed by atoms with E-state index in [0.29, 0.717) is 0 Å². The highest BCUT2D eigenvalue weighted by molar-refractivity contribution is 5.35. The smallest absolute Gasteiger partial charge is 0.137 e. The van der Waals surface area contributed by atoms with E-state index in [-0.39, 0.29) is 0 Å². The second-order valence-electron chi connectivity index (χ2n) is 5.34. The second-order valence-corrected chi connectivity index (χ2v) is 5.34. The molecular formula is C16H21N3O. The summed E-state index contributed by atoms with van der Waals surface area (Å²) in [6.07, 6.45) is 6.92. The van der Waals surface area contributed by atoms with Crippen molar-refractivity contribution in [2.24, 2.45) is 0 Å². The van der Waals surface area contributed by atoms with Crippen molar-refractivity contribution in [2.45, 2.75) is 45.1 Å². The number of ether oxygens (including phenoxy) is 1. The van der Waals surface area contributed by atoms with Crippen LogP contribution in [0.4, 0.5) is 0 Å². The number of benzene rings is 1. The minimum Gasteiger partial charge on any atom is -0.496 e. The molecule has 0 spiro atoms. The average Bonchev–Trinajstić information content (AvgIpc) is 2.80. The Balaban J connectivity index is 1.87. The molecule has 2 heterocycles. The third kappa shape index (κ3) is 2.69. The first-order chi connectivity index (χ1) is 9.88. The fourth-order valence-electron chi connectivity index (χ4n) is 2.87. The van der Waals surface area contributed by atoms with Crippen LogP contribution in [0.2, 0.25) is 0 Å². The van der Waals surface area contributed by atoms with Crippen molar-refractivity contribution < 1.29 is 4.74 Å². The molecule has 0 fully saturated rings. The maximum atomic E-state index is 5.43. The van der Waals surface area contributed by atoms with Gasteiger partial charge in [0.1, 0.15) is 17.4 Å². The average molecular weight is 271 g/mol. The molecule has 4 nitrogen and oxygen atoms in total. The summed E-state index contributed by atoms with van der Waals surface area (Å²) in [5, 5.41) is 8.79. The van der Waals surface area contributed by atoms with Crippen LogP contribution >= 0.6 is 0 Å². The number of para-hydroxylation sites is 1. The highest BCUT2D eigenvalue weighted by Crippen LogP contribution is 2.22. The minimum absolute atomic E-state index is 0.789. The second kappa shape index (κ2) is 6.07. The Labute approximate surface area is 119 Å². The van der Waals surface area contributed by atoms with Crippen LogP contribution in [0.1, 0.15) is 42.9 Å². The lowest BCUT2D eigenvalue weighted by Crippen LogP contribution is -2.11. The van der Waals surface area contributed by atoms with Crippen LogP contribution in [0.3, 0.4) is 0 Å². The van der Waals surface area contributed by atoms with Crippen molar-refractivity contribution in [3.8, 4) is 5.75 Å². The molecule has 106 valence electrons. The van der Waals surface area contributed by atoms with Gasteiger partial charge in [0.05, 0.1) is 7.11 Å². The third-order valence-corrected chi connectivity index (χ3v) is 3.98. The van der Waals surface area contributed by atoms with Gasteiger partial charge in [0.2, 0.25) is 0 Å². The lowest BCUT2D eigenvalue weighted by Gasteiger charge is -2.14. The third-order valence-electron chi connectivity index (χ3n) is 3.98. The molecule has 1 aliphatic rings. The summed E-state index contributed by atoms with van der Waals surface area (Å²) in [5.74, 6) is 3.14. The Morgan fingerprint density at radius 1 is 1.10 bits per heavy atom. The molecule has 1 aliphatic heterocycles. The van der Waals surface area contributed by atoms with E-state index < -0.39 is 0 Å². The van der Waals surface area contributed by atoms with E-state index in [2.05, 4.69) is 20.8 Å². The first-order valence-electron chi connectivity index (χ1n) is 7.41. The van der Waals surface area contributed by atoms with Gasteiger partial charge in [0.15, 0.2) is 0 Å². The topological polar surface area (TPSA) is 39.9 Å². The number of methoxy groups -OCH3 is 1. The highest BCUT2D eigenvalue weighted by Gasteiger charge is 2.15. The number of aryl methyl sites for hydroxylation is 1. The highest BCUT2D eigenvalue weighted by atomic mass is 16.5. The van der Waals surface area contributed by atoms with Gasteiger partial charge in [-0.3, -0.25) is 0 Å². The van der Waals surface area contributed by atoms with E-state index in [9.17, 15) is 0 Å². The molecule has 0 aliphatic carbocycles. The molecular weight excluding hydrogens is 250 g/mol. The first kappa shape index (κ1) is 13.2. The molecule has 0 saturated heterocycles. The number of hydrogen-bond acceptors (Lipinski definition) is 3. The molecule has 0 unspecified atom stereocenters. The van der Waals surface area contributed by atoms with E-state index in [1.807, 2.05) is 18.2 Å². The molecule has 20 heavy (non-hydrogen) atoms. The van der Waals surface area contributed by atoms with Crippen molar-refractivity contribution in [3.05, 3.63) is 41.5 Å². The summed E-state index contributed by atoms with van der Waals surface area (Å²) in [4.78, 5) is 0. The summed E-state index contributed by atoms with van der Waals surface area (Å²) >= 11 is 0. The van der Waals surface area contributed by atoms with Gasteiger partial charge < -0.3 is 9.30 Å². The van der Waals surface area contributed by atoms with Crippen LogP contribution < -0.4 is 4.74 Å². The maximum Gasteiger partial charge on any atom is 0.137 e. The van der Waals surface area contributed by atoms with Crippen LogP contribution in [0.5, 0.6) is 5.75 Å². The largest absolute Gasteiger partial charge is 0.496 e. The fourth-order valence-corrected chi connectivity index (χ4v) is 2.87. The van der Waals surface area contributed by atoms with Crippen LogP contribution in [-0.2, 0) is 19.4 Å². The zero-order valence-electron chi connectivity index (χ0n) is 12.0. The van der Waals surface area contributed by atoms with Crippen molar-refractivity contribution >= 4 is 0 Å². The predicted molar refractivity (Wildman–Crippen MR) is 78.0 cm³/mol. The lowest BCUT2D eigenvalue weighted by molar-refractivity contribution is 0.410. The van der Waals surface area contributed by atoms with Crippen molar-refractivity contribution in [2.75, 3.05) is 7.11 Å². The minimum atomic E-state index is 0.789. The maximum absolute atomic E-state index is 5.43. The van der Waals surface area contributed by atoms with Gasteiger partial charge in [-0.25, -0.2) is 0 Å². The summed E-state index contributed by atoms with van der Waals surface area (Å²) in [6, 6.07) is 8.14. The Hall–Kier alpha value is -1.84. The van der Waals surface area contributed by atoms with Gasteiger partial charge >= 0.3 is 0 Å². The van der Waals surface area contributed by atoms with Crippen molar-refractivity contribution in [1.29, 1.82) is 0 Å². The first-order valence-corrected chi connectivity index (χ1v) is 7.41. The molecule has 0 atom stereocenters. The van der Waals surface area contributed by atoms with Crippen LogP contribution in [0.25, 0.3) is 0 Å². The van der Waals surface area contributed by atoms with Gasteiger partial charge in [-0.1, -0.05) is 31.0 Å². The Kier molecular flexibility index (Phi) is 4.00. The monoisotopic (exact) mass is 271 g/mol. The van der Waals surface area contributed by atoms with Crippen LogP contribution in [-0.4, -0.2) is 21.9 Å². The van der Waals surface area contributed by atoms with Crippen LogP contribution in [0.15, 0.2) is 24.3 Å². The zero-order chi connectivity index (χ0) is 13.8. The molecule has 0 radical (unpaired) electrons. The van der Waals surface area contributed by atoms with E-state index >= 15 is 0 Å². The SMILES string of the molecule is COc1ccccc1Cc1nnc2n1CCCCCC2. The normalized spacial score (nSPS) is 15.2. The van der Waals surface area contributed by atoms with Crippen LogP contribution in [0, 0.1) is 0 Å². The number of hydrogen-bond donors (Lipinski definition) is 0. The molecule has 0 amide bonds. The number of nitrogens with zero attached hydrogens (tertiary/aromatic N) is 3. The quantitative estimate of drug-likeness (QED) is 0.861. The molecule has 2 aromatic rings. The van der Waals surface area contributed by atoms with Gasteiger partial charge in [0.25, 0.3) is 0 Å². The van der Waals surface area contributed by atoms with E-state index in [1.165, 1.54) is 31.2 Å². The standard InChI is InChI=1S/C16H21N3O/c1-20-14-9-6-5-8-13(14)12-16-18-17-15-10-4-2-3-7-11-19(15)16/h5-6,8-9H,2-4,7,10-12H2,1H3. The molecule has 4 heteroatoms. The molecule has 3 rings (SSSR count). The van der Waals surface area contributed by atoms with E-state index in [4.69, 9.17) is 4.74 Å². The van der Waals surface area contributed by atoms with Crippen molar-refractivity contribution in [1.82, 2.24) is 14.8 Å². The fraction of sp³-hybridized carbons (Fsp3) is 0.500. The zero-order valence-corrected chi connectivity index (χ0v) is 12.0. The molecule has 1 aromatic carbocycles. The Morgan fingerprint density at radius 2 is 1.95 bits per heavy atom. The summed E-state index contributed by atoms with van der Waals surface area (Å²) in [7, 11) is 1.72. The van der Waals surface area contributed by atoms with E-state index in [0.717, 1.165) is 36.8 Å². The van der Waals surface area contributed by atoms with Crippen molar-refractivity contribution in [3.63, 3.8) is 0 Å². The molecule has 0 bridgehead atoms. The predicted octanol–water partition coefficient (Wildman–Crippen LogP) is 2.99. The Morgan fingerprint density at radius 3 is 2.85 bits per heavy atom. The lowest BCUT2D eigenvalue weighted by atomic mass is 10.1. The van der Waals surface area contributed by atoms with Gasteiger partial charge in [-0.2, -0.15) is 0 Å².